The summed E-state index contributed by atoms with van der Waals surface area (Å²) in [6.45, 7) is 1.15. The first-order valence-electron chi connectivity index (χ1n) is 3.93. The molecule has 1 heterocycles. The molecule has 14 heavy (non-hydrogen) atoms. The van der Waals surface area contributed by atoms with Crippen molar-refractivity contribution in [1.29, 1.82) is 0 Å². The highest BCUT2D eigenvalue weighted by atomic mass is 19.1. The molecule has 1 aromatic rings. The first-order valence-corrected chi connectivity index (χ1v) is 3.93. The van der Waals surface area contributed by atoms with E-state index in [1.54, 1.807) is 0 Å². The fourth-order valence-electron chi connectivity index (χ4n) is 1.33. The number of aromatic hydroxyl groups is 1. The number of ether oxygens (including phenoxy) is 2. The zero-order valence-electron chi connectivity index (χ0n) is 7.33. The van der Waals surface area contributed by atoms with Gasteiger partial charge in [-0.05, 0) is 6.92 Å². The molecule has 0 saturated carbocycles. The number of benzene rings is 1. The minimum atomic E-state index is -0.889. The maximum atomic E-state index is 13.1. The molecular weight excluding hydrogens is 191 g/mol. The van der Waals surface area contributed by atoms with Crippen molar-refractivity contribution in [3.8, 4) is 17.2 Å². The Bertz CT molecular complexity index is 414. The molecule has 0 amide bonds. The minimum Gasteiger partial charge on any atom is -0.504 e. The van der Waals surface area contributed by atoms with E-state index >= 15 is 0 Å². The second-order valence-corrected chi connectivity index (χ2v) is 2.87. The second kappa shape index (κ2) is 2.87. The number of fused-ring (bicyclic) bond motifs is 1. The van der Waals surface area contributed by atoms with E-state index in [9.17, 15) is 14.3 Å². The van der Waals surface area contributed by atoms with Gasteiger partial charge in [0.05, 0.1) is 0 Å². The molecule has 1 N–H and O–H groups in total. The van der Waals surface area contributed by atoms with Crippen LogP contribution in [-0.4, -0.2) is 17.7 Å². The zero-order chi connectivity index (χ0) is 10.3. The summed E-state index contributed by atoms with van der Waals surface area (Å²) in [5.41, 5.74) is -0.169. The van der Waals surface area contributed by atoms with E-state index in [0.717, 1.165) is 6.07 Å². The van der Waals surface area contributed by atoms with Crippen molar-refractivity contribution in [2.24, 2.45) is 0 Å². The Hall–Kier alpha value is -1.78. The lowest BCUT2D eigenvalue weighted by Gasteiger charge is -2.05. The highest BCUT2D eigenvalue weighted by Crippen LogP contribution is 2.42. The molecular formula is C9H7FO4. The summed E-state index contributed by atoms with van der Waals surface area (Å²) in [6.07, 6.45) is 0. The topological polar surface area (TPSA) is 55.8 Å². The van der Waals surface area contributed by atoms with Crippen molar-refractivity contribution in [2.45, 2.75) is 6.92 Å². The molecule has 0 aliphatic carbocycles. The first kappa shape index (κ1) is 8.80. The standard InChI is InChI=1S/C9H7FO4/c1-4(11)7-8(12)5(10)2-6-9(7)14-3-13-6/h2,12H,3H2,1H3. The van der Waals surface area contributed by atoms with Crippen LogP contribution in [-0.2, 0) is 0 Å². The number of hydrogen-bond donors (Lipinski definition) is 1. The lowest BCUT2D eigenvalue weighted by Crippen LogP contribution is -1.98. The Balaban J connectivity index is 2.72. The molecule has 0 spiro atoms. The van der Waals surface area contributed by atoms with E-state index in [0.29, 0.717) is 0 Å². The summed E-state index contributed by atoms with van der Waals surface area (Å²) < 4.78 is 22.9. The molecule has 1 aromatic carbocycles. The Labute approximate surface area is 78.9 Å². The van der Waals surface area contributed by atoms with Crippen molar-refractivity contribution in [3.05, 3.63) is 17.4 Å². The maximum Gasteiger partial charge on any atom is 0.231 e. The Morgan fingerprint density at radius 1 is 1.57 bits per heavy atom. The third-order valence-corrected chi connectivity index (χ3v) is 1.94. The number of halogens is 1. The number of carbonyl (C=O) groups excluding carboxylic acids is 1. The van der Waals surface area contributed by atoms with Crippen LogP contribution in [0.5, 0.6) is 17.2 Å². The SMILES string of the molecule is CC(=O)c1c(O)c(F)cc2c1OCO2. The van der Waals surface area contributed by atoms with Crippen LogP contribution in [0, 0.1) is 5.82 Å². The van der Waals surface area contributed by atoms with Crippen molar-refractivity contribution in [2.75, 3.05) is 6.79 Å². The number of Topliss-reactive ketones (excluding diaryl/α,β-unsaturated/α-hetero) is 1. The average Bonchev–Trinajstić information content (AvgIpc) is 2.52. The molecule has 0 aromatic heterocycles. The number of hydrogen-bond acceptors (Lipinski definition) is 4. The van der Waals surface area contributed by atoms with Gasteiger partial charge in [-0.2, -0.15) is 0 Å². The molecule has 0 atom stereocenters. The third kappa shape index (κ3) is 1.09. The van der Waals surface area contributed by atoms with Crippen LogP contribution in [0.4, 0.5) is 4.39 Å². The summed E-state index contributed by atoms with van der Waals surface area (Å²) in [6, 6.07) is 0.990. The van der Waals surface area contributed by atoms with Crippen LogP contribution in [0.3, 0.4) is 0 Å². The predicted molar refractivity (Wildman–Crippen MR) is 44.2 cm³/mol. The van der Waals surface area contributed by atoms with Gasteiger partial charge in [-0.3, -0.25) is 4.79 Å². The van der Waals surface area contributed by atoms with Crippen LogP contribution in [0.25, 0.3) is 0 Å². The molecule has 0 unspecified atom stereocenters. The number of carbonyl (C=O) groups is 1. The van der Waals surface area contributed by atoms with Crippen LogP contribution < -0.4 is 9.47 Å². The van der Waals surface area contributed by atoms with Gasteiger partial charge in [0.1, 0.15) is 5.56 Å². The van der Waals surface area contributed by atoms with Gasteiger partial charge in [0.25, 0.3) is 0 Å². The average molecular weight is 198 g/mol. The summed E-state index contributed by atoms with van der Waals surface area (Å²) in [4.78, 5) is 11.1. The predicted octanol–water partition coefficient (Wildman–Crippen LogP) is 1.46. The molecule has 1 aliphatic rings. The minimum absolute atomic E-state index is 0.0709. The third-order valence-electron chi connectivity index (χ3n) is 1.94. The van der Waals surface area contributed by atoms with Crippen LogP contribution >= 0.6 is 0 Å². The zero-order valence-corrected chi connectivity index (χ0v) is 7.33. The van der Waals surface area contributed by atoms with Gasteiger partial charge in [-0.15, -0.1) is 0 Å². The van der Waals surface area contributed by atoms with Gasteiger partial charge in [0, 0.05) is 6.07 Å². The van der Waals surface area contributed by atoms with E-state index in [-0.39, 0.29) is 23.9 Å². The summed E-state index contributed by atoms with van der Waals surface area (Å²) in [5.74, 6) is -1.80. The highest BCUT2D eigenvalue weighted by Gasteiger charge is 2.26. The monoisotopic (exact) mass is 198 g/mol. The highest BCUT2D eigenvalue weighted by molar-refractivity contribution is 6.00. The van der Waals surface area contributed by atoms with Crippen molar-refractivity contribution in [3.63, 3.8) is 0 Å². The van der Waals surface area contributed by atoms with Gasteiger partial charge in [-0.25, -0.2) is 4.39 Å². The van der Waals surface area contributed by atoms with Crippen LogP contribution in [0.15, 0.2) is 6.07 Å². The Morgan fingerprint density at radius 3 is 2.93 bits per heavy atom. The lowest BCUT2D eigenvalue weighted by molar-refractivity contribution is 0.100. The smallest absolute Gasteiger partial charge is 0.231 e. The lowest BCUT2D eigenvalue weighted by atomic mass is 10.1. The van der Waals surface area contributed by atoms with Crippen molar-refractivity contribution in [1.82, 2.24) is 0 Å². The molecule has 4 nitrogen and oxygen atoms in total. The normalized spacial score (nSPS) is 13.0. The van der Waals surface area contributed by atoms with E-state index < -0.39 is 17.3 Å². The Morgan fingerprint density at radius 2 is 2.29 bits per heavy atom. The Kier molecular flexibility index (Phi) is 1.80. The number of phenols is 1. The molecule has 2 rings (SSSR count). The van der Waals surface area contributed by atoms with Gasteiger partial charge in [0.15, 0.2) is 28.8 Å². The summed E-state index contributed by atoms with van der Waals surface area (Å²) in [5, 5.41) is 9.30. The summed E-state index contributed by atoms with van der Waals surface area (Å²) >= 11 is 0. The van der Waals surface area contributed by atoms with Gasteiger partial charge < -0.3 is 14.6 Å². The number of rotatable bonds is 1. The fourth-order valence-corrected chi connectivity index (χ4v) is 1.33. The fraction of sp³-hybridized carbons (Fsp3) is 0.222. The molecule has 5 heteroatoms. The van der Waals surface area contributed by atoms with Crippen LogP contribution in [0.2, 0.25) is 0 Å². The number of ketones is 1. The molecule has 74 valence electrons. The molecule has 0 saturated heterocycles. The molecule has 0 fully saturated rings. The molecule has 1 aliphatic heterocycles. The van der Waals surface area contributed by atoms with Gasteiger partial charge in [-0.1, -0.05) is 0 Å². The van der Waals surface area contributed by atoms with Crippen molar-refractivity contribution >= 4 is 5.78 Å². The largest absolute Gasteiger partial charge is 0.504 e. The van der Waals surface area contributed by atoms with Crippen molar-refractivity contribution < 1.29 is 23.8 Å². The van der Waals surface area contributed by atoms with E-state index in [1.165, 1.54) is 6.92 Å². The van der Waals surface area contributed by atoms with Crippen LogP contribution in [0.1, 0.15) is 17.3 Å². The van der Waals surface area contributed by atoms with E-state index in [2.05, 4.69) is 0 Å². The van der Waals surface area contributed by atoms with Gasteiger partial charge >= 0.3 is 0 Å². The number of phenolic OH excluding ortho intramolecular Hbond substituents is 1. The van der Waals surface area contributed by atoms with E-state index in [1.807, 2.05) is 0 Å². The quantitative estimate of drug-likeness (QED) is 0.694. The second-order valence-electron chi connectivity index (χ2n) is 2.87. The summed E-state index contributed by atoms with van der Waals surface area (Å²) in [7, 11) is 0. The van der Waals surface area contributed by atoms with E-state index in [4.69, 9.17) is 9.47 Å². The maximum absolute atomic E-state index is 13.1. The molecule has 0 bridgehead atoms. The first-order chi connectivity index (χ1) is 6.61. The van der Waals surface area contributed by atoms with Gasteiger partial charge in [0.2, 0.25) is 6.79 Å². The molecule has 0 radical (unpaired) electrons.